The Hall–Kier alpha value is -2.51. The van der Waals surface area contributed by atoms with Crippen molar-refractivity contribution in [1.29, 1.82) is 0 Å². The topological polar surface area (TPSA) is 147 Å². The lowest BCUT2D eigenvalue weighted by Gasteiger charge is -2.49. The van der Waals surface area contributed by atoms with Crippen molar-refractivity contribution < 1.29 is 48.6 Å². The Kier molecular flexibility index (Phi) is 23.9. The van der Waals surface area contributed by atoms with Crippen molar-refractivity contribution in [3.8, 4) is 0 Å². The Morgan fingerprint density at radius 2 is 1.35 bits per heavy atom. The van der Waals surface area contributed by atoms with Gasteiger partial charge in [-0.3, -0.25) is 9.59 Å². The Bertz CT molecular complexity index is 1930. The SMILES string of the molecule is CC[C@H]1OC(=O)[C@H](C)[C@@H](C2C[C@@](C)(OC)[C@@H](O)[C@H](C)O2)C[C@@H](O[C@H]2C[C@@H](N(C)C)C[C@@H](C)O2)[C@](C)(O)C[C@@H](C)CN(C(=O)CCCCCCCCCCC[P+](C)(c2ccccc2)c2ccccc2)[C@H](C)C[C@]1(C)O. The molecule has 2 aromatic carbocycles. The van der Waals surface area contributed by atoms with Gasteiger partial charge in [0.25, 0.3) is 0 Å². The van der Waals surface area contributed by atoms with E-state index in [1.54, 1.807) is 21.0 Å². The molecule has 3 fully saturated rings. The van der Waals surface area contributed by atoms with Gasteiger partial charge in [0.15, 0.2) is 6.29 Å². The molecule has 5 rings (SSSR count). The number of amides is 1. The standard InChI is InChI=1S/C61H102N2O10P/c1-14-53-60(8,68)40-44(3)63(55(64)34-28-20-18-16-15-17-19-21-29-35-74(13,49-30-24-22-25-31-49)50-32-26-23-27-33-50)42-43(2)39-59(7,67)54(72-56-37-48(62(10)11)36-45(4)70-56)38-51(46(5)58(66)73-53)52-41-61(9,69-12)57(65)47(6)71-52/h22-27,30-33,43-48,51-54,56-57,65,67-68H,14-21,28-29,34-42H2,1-13H3/q+1/t43-,44-,45-,46-,47+,48+,51+,52?,53-,54-,56+,57+,59-,60+,61-/m1/s1. The summed E-state index contributed by atoms with van der Waals surface area (Å²) < 4.78 is 32.3. The van der Waals surface area contributed by atoms with Crippen molar-refractivity contribution in [2.24, 2.45) is 17.8 Å². The first-order chi connectivity index (χ1) is 34.9. The molecule has 3 saturated heterocycles. The zero-order chi connectivity index (χ0) is 54.4. The second-order valence-electron chi connectivity index (χ2n) is 24.3. The van der Waals surface area contributed by atoms with Crippen LogP contribution in [0.2, 0.25) is 0 Å². The number of nitrogens with zero attached hydrogens (tertiary/aromatic N) is 2. The molecule has 3 aliphatic rings. The second kappa shape index (κ2) is 28.4. The molecule has 0 bridgehead atoms. The number of ether oxygens (including phenoxy) is 5. The van der Waals surface area contributed by atoms with Gasteiger partial charge in [0.2, 0.25) is 5.91 Å². The van der Waals surface area contributed by atoms with Crippen LogP contribution >= 0.6 is 7.26 Å². The van der Waals surface area contributed by atoms with Crippen LogP contribution in [0.15, 0.2) is 60.7 Å². The zero-order valence-electron chi connectivity index (χ0n) is 48.2. The number of methoxy groups -OCH3 is 1. The molecular formula is C61H102N2O10P+. The minimum Gasteiger partial charge on any atom is -0.459 e. The van der Waals surface area contributed by atoms with E-state index in [0.717, 1.165) is 32.1 Å². The van der Waals surface area contributed by atoms with E-state index in [0.29, 0.717) is 32.2 Å². The maximum Gasteiger partial charge on any atom is 0.309 e. The predicted octanol–water partition coefficient (Wildman–Crippen LogP) is 10.1. The number of hydrogen-bond acceptors (Lipinski definition) is 11. The molecule has 0 saturated carbocycles. The molecule has 3 heterocycles. The van der Waals surface area contributed by atoms with Crippen LogP contribution < -0.4 is 10.6 Å². The van der Waals surface area contributed by atoms with Crippen LogP contribution in [0.25, 0.3) is 0 Å². The van der Waals surface area contributed by atoms with Crippen LogP contribution in [0.1, 0.15) is 171 Å². The average Bonchev–Trinajstić information content (AvgIpc) is 3.36. The normalized spacial score (nSPS) is 35.2. The monoisotopic (exact) mass is 1050 g/mol. The van der Waals surface area contributed by atoms with E-state index in [1.807, 2.05) is 46.4 Å². The minimum atomic E-state index is -1.45. The number of carbonyl (C=O) groups is 2. The molecule has 15 atom stereocenters. The molecule has 13 heteroatoms. The van der Waals surface area contributed by atoms with E-state index in [4.69, 9.17) is 23.7 Å². The van der Waals surface area contributed by atoms with Crippen molar-refractivity contribution in [1.82, 2.24) is 9.80 Å². The molecule has 3 aliphatic heterocycles. The Morgan fingerprint density at radius 3 is 1.91 bits per heavy atom. The van der Waals surface area contributed by atoms with Crippen molar-refractivity contribution >= 4 is 29.7 Å². The first-order valence-corrected chi connectivity index (χ1v) is 31.1. The molecule has 3 N–H and O–H groups in total. The van der Waals surface area contributed by atoms with E-state index in [9.17, 15) is 24.9 Å². The van der Waals surface area contributed by atoms with Crippen LogP contribution in [0.5, 0.6) is 0 Å². The van der Waals surface area contributed by atoms with Gasteiger partial charge in [-0.2, -0.15) is 0 Å². The van der Waals surface area contributed by atoms with Gasteiger partial charge in [0.1, 0.15) is 17.8 Å². The summed E-state index contributed by atoms with van der Waals surface area (Å²) in [6, 6.07) is 22.0. The van der Waals surface area contributed by atoms with E-state index in [1.165, 1.54) is 48.9 Å². The summed E-state index contributed by atoms with van der Waals surface area (Å²) in [6.45, 7) is 19.9. The van der Waals surface area contributed by atoms with Gasteiger partial charge in [-0.05, 0) is 137 Å². The Balaban J connectivity index is 1.26. The van der Waals surface area contributed by atoms with Gasteiger partial charge in [0, 0.05) is 50.9 Å². The maximum atomic E-state index is 14.6. The fourth-order valence-electron chi connectivity index (χ4n) is 12.7. The number of unbranched alkanes of at least 4 members (excludes halogenated alkanes) is 8. The minimum absolute atomic E-state index is 0.0303. The summed E-state index contributed by atoms with van der Waals surface area (Å²) >= 11 is 0. The zero-order valence-corrected chi connectivity index (χ0v) is 49.1. The maximum absolute atomic E-state index is 14.6. The van der Waals surface area contributed by atoms with Gasteiger partial charge < -0.3 is 48.8 Å². The highest BCUT2D eigenvalue weighted by Gasteiger charge is 2.52. The number of cyclic esters (lactones) is 1. The lowest BCUT2D eigenvalue weighted by atomic mass is 9.73. The largest absolute Gasteiger partial charge is 0.459 e. The molecule has 2 aromatic rings. The molecule has 0 aromatic heterocycles. The van der Waals surface area contributed by atoms with Crippen LogP contribution in [-0.4, -0.2) is 149 Å². The molecule has 0 aliphatic carbocycles. The van der Waals surface area contributed by atoms with Gasteiger partial charge >= 0.3 is 5.97 Å². The van der Waals surface area contributed by atoms with Crippen molar-refractivity contribution in [3.05, 3.63) is 60.7 Å². The molecule has 1 amide bonds. The number of rotatable bonds is 20. The van der Waals surface area contributed by atoms with Crippen molar-refractivity contribution in [2.45, 2.75) is 243 Å². The van der Waals surface area contributed by atoms with Gasteiger partial charge in [-0.15, -0.1) is 0 Å². The summed E-state index contributed by atoms with van der Waals surface area (Å²) in [6.07, 6.45) is 10.1. The molecule has 74 heavy (non-hydrogen) atoms. The predicted molar refractivity (Wildman–Crippen MR) is 301 cm³/mol. The number of benzene rings is 2. The highest BCUT2D eigenvalue weighted by Crippen LogP contribution is 2.53. The third kappa shape index (κ3) is 17.0. The van der Waals surface area contributed by atoms with Crippen molar-refractivity contribution in [2.75, 3.05) is 40.6 Å². The van der Waals surface area contributed by atoms with Gasteiger partial charge in [-0.25, -0.2) is 0 Å². The van der Waals surface area contributed by atoms with Gasteiger partial charge in [-0.1, -0.05) is 95.7 Å². The molecular weight excluding hydrogens is 952 g/mol. The van der Waals surface area contributed by atoms with E-state index < -0.39 is 78.7 Å². The summed E-state index contributed by atoms with van der Waals surface area (Å²) in [7, 11) is 4.26. The lowest BCUT2D eigenvalue weighted by Crippen LogP contribution is -2.59. The number of hydrogen-bond donors (Lipinski definition) is 3. The first-order valence-electron chi connectivity index (χ1n) is 28.7. The molecule has 420 valence electrons. The molecule has 12 nitrogen and oxygen atoms in total. The summed E-state index contributed by atoms with van der Waals surface area (Å²) in [5.74, 6) is -1.95. The average molecular weight is 1050 g/mol. The summed E-state index contributed by atoms with van der Waals surface area (Å²) in [5.41, 5.74) is -3.85. The fourth-order valence-corrected chi connectivity index (χ4v) is 16.0. The second-order valence-corrected chi connectivity index (χ2v) is 28.2. The summed E-state index contributed by atoms with van der Waals surface area (Å²) in [5, 5.41) is 39.3. The van der Waals surface area contributed by atoms with Crippen LogP contribution in [0.3, 0.4) is 0 Å². The number of esters is 1. The smallest absolute Gasteiger partial charge is 0.309 e. The highest BCUT2D eigenvalue weighted by atomic mass is 31.2. The number of carbonyl (C=O) groups excluding carboxylic acids is 2. The van der Waals surface area contributed by atoms with E-state index >= 15 is 0 Å². The third-order valence-electron chi connectivity index (χ3n) is 17.5. The Morgan fingerprint density at radius 1 is 0.784 bits per heavy atom. The van der Waals surface area contributed by atoms with Crippen LogP contribution in [0, 0.1) is 17.8 Å². The summed E-state index contributed by atoms with van der Waals surface area (Å²) in [4.78, 5) is 33.1. The first kappa shape index (κ1) is 62.3. The van der Waals surface area contributed by atoms with Gasteiger partial charge in [0.05, 0.1) is 72.2 Å². The lowest BCUT2D eigenvalue weighted by molar-refractivity contribution is -0.263. The molecule has 0 radical (unpaired) electrons. The molecule has 0 spiro atoms. The van der Waals surface area contributed by atoms with E-state index in [-0.39, 0.29) is 49.3 Å². The van der Waals surface area contributed by atoms with Crippen LogP contribution in [0.4, 0.5) is 0 Å². The Labute approximate surface area is 448 Å². The molecule has 1 unspecified atom stereocenters. The van der Waals surface area contributed by atoms with Crippen LogP contribution in [-0.2, 0) is 33.3 Å². The number of aliphatic hydroxyl groups excluding tert-OH is 1. The third-order valence-corrected chi connectivity index (χ3v) is 21.6. The fraction of sp³-hybridized carbons (Fsp3) is 0.770. The quantitative estimate of drug-likeness (QED) is 0.0662. The number of aliphatic hydroxyl groups is 3. The highest BCUT2D eigenvalue weighted by molar-refractivity contribution is 7.88. The van der Waals surface area contributed by atoms with Crippen molar-refractivity contribution in [3.63, 3.8) is 0 Å². The van der Waals surface area contributed by atoms with E-state index in [2.05, 4.69) is 93.2 Å².